The molecule has 0 aliphatic heterocycles. The van der Waals surface area contributed by atoms with E-state index in [4.69, 9.17) is 9.84 Å². The average Bonchev–Trinajstić information content (AvgIpc) is 2.32. The van der Waals surface area contributed by atoms with Gasteiger partial charge >= 0.3 is 0 Å². The largest absolute Gasteiger partial charge is 0.456 e. The molecule has 2 nitrogen and oxygen atoms in total. The van der Waals surface area contributed by atoms with Gasteiger partial charge in [-0.05, 0) is 52.4 Å². The molecule has 2 aromatic rings. The lowest BCUT2D eigenvalue weighted by Gasteiger charge is -2.09. The van der Waals surface area contributed by atoms with Gasteiger partial charge in [-0.2, -0.15) is 0 Å². The molecule has 17 heavy (non-hydrogen) atoms. The second-order valence-electron chi connectivity index (χ2n) is 3.44. The molecule has 0 unspecified atom stereocenters. The number of halogens is 2. The van der Waals surface area contributed by atoms with E-state index < -0.39 is 0 Å². The van der Waals surface area contributed by atoms with Crippen LogP contribution >= 0.6 is 38.5 Å². The van der Waals surface area contributed by atoms with E-state index in [0.717, 1.165) is 25.1 Å². The first-order valence-corrected chi connectivity index (χ1v) is 6.89. The van der Waals surface area contributed by atoms with Crippen LogP contribution in [0.4, 0.5) is 0 Å². The first-order chi connectivity index (χ1) is 8.20. The summed E-state index contributed by atoms with van der Waals surface area (Å²) in [6.45, 7) is 0.0176. The zero-order chi connectivity index (χ0) is 12.3. The van der Waals surface area contributed by atoms with Crippen LogP contribution in [-0.2, 0) is 6.61 Å². The van der Waals surface area contributed by atoms with E-state index in [9.17, 15) is 0 Å². The van der Waals surface area contributed by atoms with Gasteiger partial charge in [0.2, 0.25) is 0 Å². The first kappa shape index (κ1) is 12.9. The Hall–Kier alpha value is -0.590. The van der Waals surface area contributed by atoms with E-state index in [-0.39, 0.29) is 6.61 Å². The van der Waals surface area contributed by atoms with Crippen molar-refractivity contribution in [1.29, 1.82) is 0 Å². The molecule has 0 aliphatic rings. The Morgan fingerprint density at radius 1 is 1.18 bits per heavy atom. The minimum Gasteiger partial charge on any atom is -0.456 e. The standard InChI is InChI=1S/C13H10BrIO2/c14-11-7-10(6-5-9(11)8-16)17-13-4-2-1-3-12(13)15/h1-7,16H,8H2. The second-order valence-corrected chi connectivity index (χ2v) is 5.46. The molecule has 88 valence electrons. The highest BCUT2D eigenvalue weighted by atomic mass is 127. The molecular weight excluding hydrogens is 395 g/mol. The number of para-hydroxylation sites is 1. The minimum atomic E-state index is 0.0176. The second kappa shape index (κ2) is 5.84. The van der Waals surface area contributed by atoms with Crippen LogP contribution in [0.1, 0.15) is 5.56 Å². The van der Waals surface area contributed by atoms with E-state index in [1.165, 1.54) is 0 Å². The predicted molar refractivity (Wildman–Crippen MR) is 79.3 cm³/mol. The maximum atomic E-state index is 9.07. The third kappa shape index (κ3) is 3.20. The van der Waals surface area contributed by atoms with Gasteiger partial charge < -0.3 is 9.84 Å². The summed E-state index contributed by atoms with van der Waals surface area (Å²) in [6, 6.07) is 13.4. The highest BCUT2D eigenvalue weighted by Crippen LogP contribution is 2.29. The molecule has 2 rings (SSSR count). The minimum absolute atomic E-state index is 0.0176. The van der Waals surface area contributed by atoms with Crippen LogP contribution in [-0.4, -0.2) is 5.11 Å². The normalized spacial score (nSPS) is 10.3. The van der Waals surface area contributed by atoms with Crippen LogP contribution < -0.4 is 4.74 Å². The van der Waals surface area contributed by atoms with Gasteiger partial charge in [-0.1, -0.05) is 34.1 Å². The molecule has 0 heterocycles. The maximum absolute atomic E-state index is 9.07. The predicted octanol–water partition coefficient (Wildman–Crippen LogP) is 4.34. The van der Waals surface area contributed by atoms with Gasteiger partial charge in [0.1, 0.15) is 11.5 Å². The summed E-state index contributed by atoms with van der Waals surface area (Å²) < 4.78 is 7.68. The number of rotatable bonds is 3. The zero-order valence-electron chi connectivity index (χ0n) is 8.86. The van der Waals surface area contributed by atoms with Gasteiger partial charge in [-0.25, -0.2) is 0 Å². The number of aliphatic hydroxyl groups excluding tert-OH is 1. The fraction of sp³-hybridized carbons (Fsp3) is 0.0769. The van der Waals surface area contributed by atoms with Crippen LogP contribution in [0.5, 0.6) is 11.5 Å². The summed E-state index contributed by atoms with van der Waals surface area (Å²) in [5.74, 6) is 1.58. The Morgan fingerprint density at radius 3 is 2.59 bits per heavy atom. The van der Waals surface area contributed by atoms with Crippen LogP contribution in [0.15, 0.2) is 46.9 Å². The Kier molecular flexibility index (Phi) is 4.42. The summed E-state index contributed by atoms with van der Waals surface area (Å²) in [4.78, 5) is 0. The summed E-state index contributed by atoms with van der Waals surface area (Å²) in [5.41, 5.74) is 0.847. The number of aliphatic hydroxyl groups is 1. The Morgan fingerprint density at radius 2 is 1.94 bits per heavy atom. The smallest absolute Gasteiger partial charge is 0.140 e. The molecule has 0 saturated carbocycles. The topological polar surface area (TPSA) is 29.5 Å². The van der Waals surface area contributed by atoms with Crippen molar-refractivity contribution in [3.63, 3.8) is 0 Å². The lowest BCUT2D eigenvalue weighted by Crippen LogP contribution is -1.89. The lowest BCUT2D eigenvalue weighted by atomic mass is 10.2. The monoisotopic (exact) mass is 404 g/mol. The van der Waals surface area contributed by atoms with Crippen molar-refractivity contribution >= 4 is 38.5 Å². The van der Waals surface area contributed by atoms with E-state index >= 15 is 0 Å². The third-order valence-corrected chi connectivity index (χ3v) is 3.89. The number of hydrogen-bond acceptors (Lipinski definition) is 2. The Balaban J connectivity index is 2.25. The zero-order valence-corrected chi connectivity index (χ0v) is 12.6. The fourth-order valence-corrected chi connectivity index (χ4v) is 2.35. The summed E-state index contributed by atoms with van der Waals surface area (Å²) in [7, 11) is 0. The molecule has 0 amide bonds. The molecular formula is C13H10BrIO2. The molecule has 1 N–H and O–H groups in total. The molecule has 0 aromatic heterocycles. The molecule has 0 saturated heterocycles. The van der Waals surface area contributed by atoms with Crippen LogP contribution in [0, 0.1) is 3.57 Å². The highest BCUT2D eigenvalue weighted by molar-refractivity contribution is 14.1. The lowest BCUT2D eigenvalue weighted by molar-refractivity contribution is 0.281. The summed E-state index contributed by atoms with van der Waals surface area (Å²) >= 11 is 5.63. The van der Waals surface area contributed by atoms with Crippen molar-refractivity contribution in [2.75, 3.05) is 0 Å². The van der Waals surface area contributed by atoms with Gasteiger partial charge in [-0.15, -0.1) is 0 Å². The molecule has 2 aromatic carbocycles. The van der Waals surface area contributed by atoms with Crippen molar-refractivity contribution in [2.24, 2.45) is 0 Å². The molecule has 0 fully saturated rings. The van der Waals surface area contributed by atoms with E-state index in [0.29, 0.717) is 0 Å². The Bertz CT molecular complexity index is 529. The van der Waals surface area contributed by atoms with Crippen LogP contribution in [0.25, 0.3) is 0 Å². The highest BCUT2D eigenvalue weighted by Gasteiger charge is 2.04. The van der Waals surface area contributed by atoms with Gasteiger partial charge in [0, 0.05) is 4.47 Å². The summed E-state index contributed by atoms with van der Waals surface area (Å²) in [6.07, 6.45) is 0. The first-order valence-electron chi connectivity index (χ1n) is 5.02. The summed E-state index contributed by atoms with van der Waals surface area (Å²) in [5, 5.41) is 9.07. The Labute approximate surface area is 122 Å². The quantitative estimate of drug-likeness (QED) is 0.771. The molecule has 0 radical (unpaired) electrons. The molecule has 4 heteroatoms. The van der Waals surface area contributed by atoms with E-state index in [2.05, 4.69) is 38.5 Å². The average molecular weight is 405 g/mol. The van der Waals surface area contributed by atoms with Gasteiger partial charge in [0.05, 0.1) is 10.2 Å². The number of hydrogen-bond donors (Lipinski definition) is 1. The third-order valence-electron chi connectivity index (χ3n) is 2.26. The molecule has 0 spiro atoms. The van der Waals surface area contributed by atoms with Crippen molar-refractivity contribution < 1.29 is 9.84 Å². The van der Waals surface area contributed by atoms with Crippen LogP contribution in [0.3, 0.4) is 0 Å². The van der Waals surface area contributed by atoms with E-state index in [1.807, 2.05) is 42.5 Å². The molecule has 0 bridgehead atoms. The molecule has 0 aliphatic carbocycles. The van der Waals surface area contributed by atoms with Crippen molar-refractivity contribution in [3.8, 4) is 11.5 Å². The SMILES string of the molecule is OCc1ccc(Oc2ccccc2I)cc1Br. The fourth-order valence-electron chi connectivity index (χ4n) is 1.37. The van der Waals surface area contributed by atoms with Gasteiger partial charge in [0.15, 0.2) is 0 Å². The van der Waals surface area contributed by atoms with Gasteiger partial charge in [0.25, 0.3) is 0 Å². The van der Waals surface area contributed by atoms with Crippen molar-refractivity contribution in [3.05, 3.63) is 56.1 Å². The van der Waals surface area contributed by atoms with Crippen molar-refractivity contribution in [2.45, 2.75) is 6.61 Å². The van der Waals surface area contributed by atoms with E-state index in [1.54, 1.807) is 0 Å². The van der Waals surface area contributed by atoms with Crippen molar-refractivity contribution in [1.82, 2.24) is 0 Å². The molecule has 0 atom stereocenters. The van der Waals surface area contributed by atoms with Crippen LogP contribution in [0.2, 0.25) is 0 Å². The van der Waals surface area contributed by atoms with Gasteiger partial charge in [-0.3, -0.25) is 0 Å². The maximum Gasteiger partial charge on any atom is 0.140 e. The number of benzene rings is 2. The number of ether oxygens (including phenoxy) is 1.